The van der Waals surface area contributed by atoms with E-state index in [4.69, 9.17) is 27.9 Å². The van der Waals surface area contributed by atoms with Crippen molar-refractivity contribution in [2.24, 2.45) is 0 Å². The lowest BCUT2D eigenvalue weighted by atomic mass is 9.98. The van der Waals surface area contributed by atoms with E-state index in [0.717, 1.165) is 18.4 Å². The summed E-state index contributed by atoms with van der Waals surface area (Å²) >= 11 is 11.2. The van der Waals surface area contributed by atoms with Crippen molar-refractivity contribution >= 4 is 50.3 Å². The van der Waals surface area contributed by atoms with Gasteiger partial charge in [0.1, 0.15) is 12.5 Å². The molecule has 2 aromatic carbocycles. The number of halogens is 6. The molecule has 0 radical (unpaired) electrons. The number of allylic oxidation sites excluding steroid dienone is 2. The first kappa shape index (κ1) is 27.1. The molecular weight excluding hydrogens is 537 g/mol. The standard InChI is InChI=1S/C22H17Cl2F4NO5S/c1-35(32,33)10-20(31)29-8-13-3-2-12(4-15(13)9-34-11-29)19(30)7-16(22(26,27)28)14-5-17(23)21(25)18(24)6-14/h2-7H,8-11H2,1H3. The summed E-state index contributed by atoms with van der Waals surface area (Å²) in [6.07, 6.45) is -3.69. The van der Waals surface area contributed by atoms with Gasteiger partial charge in [-0.1, -0.05) is 35.3 Å². The first-order valence-corrected chi connectivity index (χ1v) is 12.6. The van der Waals surface area contributed by atoms with Gasteiger partial charge in [-0.3, -0.25) is 9.59 Å². The number of sulfone groups is 1. The van der Waals surface area contributed by atoms with Crippen molar-refractivity contribution in [1.29, 1.82) is 0 Å². The van der Waals surface area contributed by atoms with Gasteiger partial charge in [0.25, 0.3) is 0 Å². The third-order valence-electron chi connectivity index (χ3n) is 4.97. The van der Waals surface area contributed by atoms with Crippen molar-refractivity contribution in [3.8, 4) is 0 Å². The average molecular weight is 554 g/mol. The van der Waals surface area contributed by atoms with Gasteiger partial charge in [0, 0.05) is 18.4 Å². The van der Waals surface area contributed by atoms with E-state index < -0.39 is 60.5 Å². The Morgan fingerprint density at radius 2 is 1.71 bits per heavy atom. The summed E-state index contributed by atoms with van der Waals surface area (Å²) in [7, 11) is -3.56. The lowest BCUT2D eigenvalue weighted by molar-refractivity contribution is -0.134. The van der Waals surface area contributed by atoms with Gasteiger partial charge in [0.15, 0.2) is 21.4 Å². The number of carbonyl (C=O) groups excluding carboxylic acids is 2. The number of ketones is 1. The molecule has 1 amide bonds. The second kappa shape index (κ2) is 10.3. The fourth-order valence-electron chi connectivity index (χ4n) is 3.31. The fourth-order valence-corrected chi connectivity index (χ4v) is 4.43. The highest BCUT2D eigenvalue weighted by Crippen LogP contribution is 2.37. The number of benzene rings is 2. The van der Waals surface area contributed by atoms with Crippen LogP contribution >= 0.6 is 23.2 Å². The van der Waals surface area contributed by atoms with Crippen LogP contribution in [-0.4, -0.2) is 49.9 Å². The van der Waals surface area contributed by atoms with Gasteiger partial charge in [-0.25, -0.2) is 12.8 Å². The SMILES string of the molecule is CS(=O)(=O)CC(=O)N1COCc2cc(C(=O)C=C(c3cc(Cl)c(F)c(Cl)c3)C(F)(F)F)ccc2C1. The molecule has 3 rings (SSSR count). The van der Waals surface area contributed by atoms with E-state index in [9.17, 15) is 35.6 Å². The first-order chi connectivity index (χ1) is 16.2. The Bertz CT molecular complexity index is 1300. The van der Waals surface area contributed by atoms with Crippen molar-refractivity contribution < 1.29 is 40.3 Å². The zero-order valence-electron chi connectivity index (χ0n) is 18.0. The Labute approximate surface area is 208 Å². The van der Waals surface area contributed by atoms with Crippen LogP contribution in [0.5, 0.6) is 0 Å². The maximum Gasteiger partial charge on any atom is 0.417 e. The second-order valence-corrected chi connectivity index (χ2v) is 10.8. The molecule has 6 nitrogen and oxygen atoms in total. The molecule has 1 aliphatic rings. The zero-order valence-corrected chi connectivity index (χ0v) is 20.3. The number of hydrogen-bond donors (Lipinski definition) is 0. The van der Waals surface area contributed by atoms with Crippen LogP contribution in [0.3, 0.4) is 0 Å². The van der Waals surface area contributed by atoms with Crippen molar-refractivity contribution in [1.82, 2.24) is 4.90 Å². The van der Waals surface area contributed by atoms with Gasteiger partial charge >= 0.3 is 6.18 Å². The van der Waals surface area contributed by atoms with E-state index >= 15 is 0 Å². The molecule has 35 heavy (non-hydrogen) atoms. The fraction of sp³-hybridized carbons (Fsp3) is 0.273. The molecular formula is C22H17Cl2F4NO5S. The van der Waals surface area contributed by atoms with E-state index in [1.54, 1.807) is 0 Å². The molecule has 0 N–H and O–H groups in total. The topological polar surface area (TPSA) is 80.8 Å². The molecule has 0 bridgehead atoms. The third-order valence-corrected chi connectivity index (χ3v) is 6.29. The van der Waals surface area contributed by atoms with Crippen LogP contribution in [0.15, 0.2) is 36.4 Å². The van der Waals surface area contributed by atoms with Gasteiger partial charge in [-0.05, 0) is 41.0 Å². The smallest absolute Gasteiger partial charge is 0.356 e. The summed E-state index contributed by atoms with van der Waals surface area (Å²) in [4.78, 5) is 26.1. The molecule has 0 aromatic heterocycles. The van der Waals surface area contributed by atoms with Crippen LogP contribution in [0.2, 0.25) is 10.0 Å². The van der Waals surface area contributed by atoms with Crippen molar-refractivity contribution in [3.63, 3.8) is 0 Å². The van der Waals surface area contributed by atoms with Crippen LogP contribution in [-0.2, 0) is 32.5 Å². The minimum atomic E-state index is -4.98. The molecule has 0 aliphatic carbocycles. The van der Waals surface area contributed by atoms with E-state index in [1.165, 1.54) is 23.1 Å². The molecule has 0 saturated carbocycles. The summed E-state index contributed by atoms with van der Waals surface area (Å²) < 4.78 is 83.0. The van der Waals surface area contributed by atoms with Gasteiger partial charge in [-0.2, -0.15) is 13.2 Å². The highest BCUT2D eigenvalue weighted by molar-refractivity contribution is 7.91. The van der Waals surface area contributed by atoms with E-state index in [-0.39, 0.29) is 25.4 Å². The number of alkyl halides is 3. The second-order valence-electron chi connectivity index (χ2n) is 7.80. The lowest BCUT2D eigenvalue weighted by Gasteiger charge is -2.19. The van der Waals surface area contributed by atoms with Crippen LogP contribution in [0.1, 0.15) is 27.0 Å². The minimum absolute atomic E-state index is 0.00558. The summed E-state index contributed by atoms with van der Waals surface area (Å²) in [6.45, 7) is -0.261. The van der Waals surface area contributed by atoms with E-state index in [0.29, 0.717) is 17.2 Å². The number of rotatable bonds is 5. The Morgan fingerprint density at radius 1 is 1.09 bits per heavy atom. The Morgan fingerprint density at radius 3 is 2.29 bits per heavy atom. The first-order valence-electron chi connectivity index (χ1n) is 9.79. The normalized spacial score (nSPS) is 14.9. The molecule has 13 heteroatoms. The average Bonchev–Trinajstić information content (AvgIpc) is 2.95. The minimum Gasteiger partial charge on any atom is -0.356 e. The van der Waals surface area contributed by atoms with E-state index in [2.05, 4.69) is 0 Å². The largest absolute Gasteiger partial charge is 0.417 e. The monoisotopic (exact) mass is 553 g/mol. The molecule has 1 aliphatic heterocycles. The van der Waals surface area contributed by atoms with E-state index in [1.807, 2.05) is 0 Å². The Kier molecular flexibility index (Phi) is 7.95. The third kappa shape index (κ3) is 6.81. The predicted molar refractivity (Wildman–Crippen MR) is 121 cm³/mol. The predicted octanol–water partition coefficient (Wildman–Crippen LogP) is 4.82. The molecule has 188 valence electrons. The summed E-state index contributed by atoms with van der Waals surface area (Å²) in [6, 6.07) is 5.51. The van der Waals surface area contributed by atoms with Crippen LogP contribution in [0.25, 0.3) is 5.57 Å². The summed E-state index contributed by atoms with van der Waals surface area (Å²) in [5.74, 6) is -3.45. The van der Waals surface area contributed by atoms with Crippen molar-refractivity contribution in [2.75, 3.05) is 18.7 Å². The number of ether oxygens (including phenoxy) is 1. The number of carbonyl (C=O) groups is 2. The van der Waals surface area contributed by atoms with Crippen LogP contribution < -0.4 is 0 Å². The maximum absolute atomic E-state index is 13.7. The highest BCUT2D eigenvalue weighted by atomic mass is 35.5. The molecule has 1 heterocycles. The number of fused-ring (bicyclic) bond motifs is 1. The summed E-state index contributed by atoms with van der Waals surface area (Å²) in [5, 5.41) is -1.26. The number of nitrogens with zero attached hydrogens (tertiary/aromatic N) is 1. The maximum atomic E-state index is 13.7. The Balaban J connectivity index is 1.92. The van der Waals surface area contributed by atoms with Crippen LogP contribution in [0.4, 0.5) is 17.6 Å². The van der Waals surface area contributed by atoms with Gasteiger partial charge in [-0.15, -0.1) is 0 Å². The molecule has 0 spiro atoms. The van der Waals surface area contributed by atoms with Gasteiger partial charge < -0.3 is 9.64 Å². The Hall–Kier alpha value is -2.47. The van der Waals surface area contributed by atoms with Gasteiger partial charge in [0.05, 0.1) is 22.2 Å². The zero-order chi connectivity index (χ0) is 26.1. The van der Waals surface area contributed by atoms with Gasteiger partial charge in [0.2, 0.25) is 5.91 Å². The van der Waals surface area contributed by atoms with Crippen LogP contribution in [0, 0.1) is 5.82 Å². The molecule has 0 unspecified atom stereocenters. The number of amides is 1. The number of hydrogen-bond acceptors (Lipinski definition) is 5. The van der Waals surface area contributed by atoms with Crippen molar-refractivity contribution in [2.45, 2.75) is 19.3 Å². The molecule has 0 fully saturated rings. The quantitative estimate of drug-likeness (QED) is 0.229. The molecule has 0 atom stereocenters. The lowest BCUT2D eigenvalue weighted by Crippen LogP contribution is -2.35. The van der Waals surface area contributed by atoms with Crippen molar-refractivity contribution in [3.05, 3.63) is 74.5 Å². The molecule has 2 aromatic rings. The molecule has 0 saturated heterocycles. The highest BCUT2D eigenvalue weighted by Gasteiger charge is 2.36. The summed E-state index contributed by atoms with van der Waals surface area (Å²) in [5.41, 5.74) is -1.06.